The van der Waals surface area contributed by atoms with Crippen LogP contribution in [0.2, 0.25) is 0 Å². The average Bonchev–Trinajstić information content (AvgIpc) is 2.25. The van der Waals surface area contributed by atoms with E-state index in [2.05, 4.69) is 21.2 Å². The van der Waals surface area contributed by atoms with E-state index < -0.39 is 11.7 Å². The van der Waals surface area contributed by atoms with E-state index in [0.29, 0.717) is 0 Å². The van der Waals surface area contributed by atoms with Crippen molar-refractivity contribution in [2.45, 2.75) is 26.4 Å². The Kier molecular flexibility index (Phi) is 3.80. The SMILES string of the molecule is CC(C)(C)OC(=O)Nc1ccc2ccc(Br)cc2c1. The van der Waals surface area contributed by atoms with Gasteiger partial charge >= 0.3 is 6.09 Å². The van der Waals surface area contributed by atoms with Crippen molar-refractivity contribution < 1.29 is 9.53 Å². The zero-order valence-electron chi connectivity index (χ0n) is 11.2. The number of benzene rings is 2. The van der Waals surface area contributed by atoms with E-state index >= 15 is 0 Å². The average molecular weight is 322 g/mol. The molecule has 0 atom stereocenters. The second-order valence-electron chi connectivity index (χ2n) is 5.33. The summed E-state index contributed by atoms with van der Waals surface area (Å²) < 4.78 is 6.23. The maximum Gasteiger partial charge on any atom is 0.412 e. The van der Waals surface area contributed by atoms with Crippen molar-refractivity contribution in [3.63, 3.8) is 0 Å². The number of carbonyl (C=O) groups excluding carboxylic acids is 1. The Labute approximate surface area is 121 Å². The molecule has 0 bridgehead atoms. The van der Waals surface area contributed by atoms with E-state index in [1.54, 1.807) is 0 Å². The normalized spacial score (nSPS) is 11.4. The lowest BCUT2D eigenvalue weighted by Gasteiger charge is -2.19. The molecule has 1 amide bonds. The van der Waals surface area contributed by atoms with Gasteiger partial charge in [-0.15, -0.1) is 0 Å². The van der Waals surface area contributed by atoms with Crippen molar-refractivity contribution in [1.82, 2.24) is 0 Å². The Morgan fingerprint density at radius 1 is 1.11 bits per heavy atom. The van der Waals surface area contributed by atoms with Crippen molar-refractivity contribution in [3.8, 4) is 0 Å². The summed E-state index contributed by atoms with van der Waals surface area (Å²) in [5.41, 5.74) is 0.226. The van der Waals surface area contributed by atoms with Gasteiger partial charge in [0.25, 0.3) is 0 Å². The Bertz CT molecular complexity index is 617. The number of rotatable bonds is 1. The summed E-state index contributed by atoms with van der Waals surface area (Å²) in [7, 11) is 0. The van der Waals surface area contributed by atoms with Crippen LogP contribution in [-0.2, 0) is 4.74 Å². The predicted molar refractivity (Wildman–Crippen MR) is 81.5 cm³/mol. The molecule has 0 heterocycles. The van der Waals surface area contributed by atoms with Gasteiger partial charge in [-0.3, -0.25) is 5.32 Å². The molecular weight excluding hydrogens is 306 g/mol. The minimum absolute atomic E-state index is 0.443. The number of fused-ring (bicyclic) bond motifs is 1. The molecule has 0 aliphatic carbocycles. The fraction of sp³-hybridized carbons (Fsp3) is 0.267. The summed E-state index contributed by atoms with van der Waals surface area (Å²) >= 11 is 3.44. The van der Waals surface area contributed by atoms with E-state index in [1.807, 2.05) is 57.2 Å². The first kappa shape index (κ1) is 13.9. The van der Waals surface area contributed by atoms with Crippen LogP contribution in [0.25, 0.3) is 10.8 Å². The van der Waals surface area contributed by atoms with Gasteiger partial charge in [0, 0.05) is 10.2 Å². The summed E-state index contributed by atoms with van der Waals surface area (Å²) in [6.07, 6.45) is -0.443. The van der Waals surface area contributed by atoms with Crippen LogP contribution >= 0.6 is 15.9 Å². The van der Waals surface area contributed by atoms with Crippen molar-refractivity contribution >= 4 is 38.5 Å². The molecule has 0 aliphatic rings. The quantitative estimate of drug-likeness (QED) is 0.807. The van der Waals surface area contributed by atoms with Crippen LogP contribution in [0.1, 0.15) is 20.8 Å². The summed E-state index contributed by atoms with van der Waals surface area (Å²) in [4.78, 5) is 11.7. The molecule has 4 heteroatoms. The number of ether oxygens (including phenoxy) is 1. The molecule has 2 aromatic rings. The van der Waals surface area contributed by atoms with Crippen LogP contribution in [0.15, 0.2) is 40.9 Å². The van der Waals surface area contributed by atoms with Crippen LogP contribution in [-0.4, -0.2) is 11.7 Å². The van der Waals surface area contributed by atoms with Gasteiger partial charge in [-0.25, -0.2) is 4.79 Å². The van der Waals surface area contributed by atoms with E-state index in [9.17, 15) is 4.79 Å². The molecule has 0 spiro atoms. The number of hydrogen-bond donors (Lipinski definition) is 1. The zero-order valence-corrected chi connectivity index (χ0v) is 12.7. The molecule has 3 nitrogen and oxygen atoms in total. The van der Waals surface area contributed by atoms with E-state index in [-0.39, 0.29) is 0 Å². The molecule has 19 heavy (non-hydrogen) atoms. The fourth-order valence-corrected chi connectivity index (χ4v) is 2.10. The number of halogens is 1. The molecule has 0 saturated carbocycles. The molecule has 100 valence electrons. The number of nitrogens with one attached hydrogen (secondary N) is 1. The third-order valence-corrected chi connectivity index (χ3v) is 2.94. The zero-order chi connectivity index (χ0) is 14.0. The van der Waals surface area contributed by atoms with Crippen molar-refractivity contribution in [3.05, 3.63) is 40.9 Å². The van der Waals surface area contributed by atoms with Gasteiger partial charge in [-0.1, -0.05) is 28.1 Å². The minimum Gasteiger partial charge on any atom is -0.444 e. The van der Waals surface area contributed by atoms with Crippen LogP contribution in [0.5, 0.6) is 0 Å². The highest BCUT2D eigenvalue weighted by atomic mass is 79.9. The minimum atomic E-state index is -0.496. The van der Waals surface area contributed by atoms with Crippen LogP contribution in [0.4, 0.5) is 10.5 Å². The van der Waals surface area contributed by atoms with Gasteiger partial charge in [0.1, 0.15) is 5.60 Å². The van der Waals surface area contributed by atoms with Crippen molar-refractivity contribution in [2.24, 2.45) is 0 Å². The van der Waals surface area contributed by atoms with E-state index in [4.69, 9.17) is 4.74 Å². The van der Waals surface area contributed by atoms with Gasteiger partial charge in [0.05, 0.1) is 0 Å². The largest absolute Gasteiger partial charge is 0.444 e. The second kappa shape index (κ2) is 5.21. The lowest BCUT2D eigenvalue weighted by Crippen LogP contribution is -2.27. The summed E-state index contributed by atoms with van der Waals surface area (Å²) in [5.74, 6) is 0. The molecule has 0 radical (unpaired) electrons. The smallest absolute Gasteiger partial charge is 0.412 e. The molecule has 0 aliphatic heterocycles. The van der Waals surface area contributed by atoms with Gasteiger partial charge in [-0.05, 0) is 55.8 Å². The molecule has 1 N–H and O–H groups in total. The Balaban J connectivity index is 2.19. The lowest BCUT2D eigenvalue weighted by atomic mass is 10.1. The summed E-state index contributed by atoms with van der Waals surface area (Å²) in [5, 5.41) is 4.91. The summed E-state index contributed by atoms with van der Waals surface area (Å²) in [6, 6.07) is 11.8. The molecule has 2 rings (SSSR count). The van der Waals surface area contributed by atoms with Gasteiger partial charge in [0.15, 0.2) is 0 Å². The maximum absolute atomic E-state index is 11.7. The van der Waals surface area contributed by atoms with Gasteiger partial charge in [-0.2, -0.15) is 0 Å². The second-order valence-corrected chi connectivity index (χ2v) is 6.25. The highest BCUT2D eigenvalue weighted by molar-refractivity contribution is 9.10. The molecular formula is C15H16BrNO2. The van der Waals surface area contributed by atoms with Gasteiger partial charge in [0.2, 0.25) is 0 Å². The highest BCUT2D eigenvalue weighted by Gasteiger charge is 2.16. The predicted octanol–water partition coefficient (Wildman–Crippen LogP) is 4.95. The first-order chi connectivity index (χ1) is 8.83. The number of carbonyl (C=O) groups is 1. The Morgan fingerprint density at radius 2 is 1.79 bits per heavy atom. The fourth-order valence-electron chi connectivity index (χ4n) is 1.72. The van der Waals surface area contributed by atoms with Crippen molar-refractivity contribution in [2.75, 3.05) is 5.32 Å². The monoisotopic (exact) mass is 321 g/mol. The standard InChI is InChI=1S/C15H16BrNO2/c1-15(2,3)19-14(18)17-13-7-5-10-4-6-12(16)8-11(10)9-13/h4-9H,1-3H3,(H,17,18). The van der Waals surface area contributed by atoms with E-state index in [1.165, 1.54) is 0 Å². The topological polar surface area (TPSA) is 38.3 Å². The maximum atomic E-state index is 11.7. The molecule has 0 saturated heterocycles. The van der Waals surface area contributed by atoms with Crippen LogP contribution < -0.4 is 5.32 Å². The van der Waals surface area contributed by atoms with Crippen LogP contribution in [0.3, 0.4) is 0 Å². The third-order valence-electron chi connectivity index (χ3n) is 2.45. The molecule has 0 unspecified atom stereocenters. The first-order valence-electron chi connectivity index (χ1n) is 6.03. The summed E-state index contributed by atoms with van der Waals surface area (Å²) in [6.45, 7) is 5.51. The first-order valence-corrected chi connectivity index (χ1v) is 6.82. The Hall–Kier alpha value is -1.55. The molecule has 0 aromatic heterocycles. The lowest BCUT2D eigenvalue weighted by molar-refractivity contribution is 0.0636. The Morgan fingerprint density at radius 3 is 2.47 bits per heavy atom. The highest BCUT2D eigenvalue weighted by Crippen LogP contribution is 2.23. The van der Waals surface area contributed by atoms with E-state index in [0.717, 1.165) is 20.9 Å². The number of anilines is 1. The third kappa shape index (κ3) is 3.96. The number of hydrogen-bond acceptors (Lipinski definition) is 2. The molecule has 0 fully saturated rings. The van der Waals surface area contributed by atoms with Crippen LogP contribution in [0, 0.1) is 0 Å². The number of amides is 1. The van der Waals surface area contributed by atoms with Gasteiger partial charge < -0.3 is 4.74 Å². The molecule has 2 aromatic carbocycles. The van der Waals surface area contributed by atoms with Crippen molar-refractivity contribution in [1.29, 1.82) is 0 Å².